The number of nitrogens with one attached hydrogen (secondary N) is 2. The number of piperidine rings is 1. The standard InChI is InChI=1S/C15H21ClN2O3/c16-12-2-1-3-14(10-12)21-11-15(19)18-8-9-20-13-4-6-17-7-5-13/h1-3,10,13,17H,4-9,11H2,(H,18,19). The van der Waals surface area contributed by atoms with Crippen LogP contribution in [-0.4, -0.2) is 44.9 Å². The Morgan fingerprint density at radius 2 is 2.19 bits per heavy atom. The van der Waals surface area contributed by atoms with Gasteiger partial charge in [-0.2, -0.15) is 0 Å². The van der Waals surface area contributed by atoms with E-state index in [0.29, 0.717) is 30.0 Å². The molecule has 0 spiro atoms. The van der Waals surface area contributed by atoms with E-state index in [1.165, 1.54) is 0 Å². The van der Waals surface area contributed by atoms with Gasteiger partial charge in [-0.25, -0.2) is 0 Å². The normalized spacial score (nSPS) is 15.7. The molecular formula is C15H21ClN2O3. The highest BCUT2D eigenvalue weighted by molar-refractivity contribution is 6.30. The van der Waals surface area contributed by atoms with E-state index in [0.717, 1.165) is 25.9 Å². The third-order valence-corrected chi connectivity index (χ3v) is 3.47. The van der Waals surface area contributed by atoms with E-state index < -0.39 is 0 Å². The highest BCUT2D eigenvalue weighted by atomic mass is 35.5. The van der Waals surface area contributed by atoms with Gasteiger partial charge in [0.1, 0.15) is 5.75 Å². The Morgan fingerprint density at radius 1 is 1.38 bits per heavy atom. The Kier molecular flexibility index (Phi) is 6.79. The number of carbonyl (C=O) groups excluding carboxylic acids is 1. The van der Waals surface area contributed by atoms with Crippen molar-refractivity contribution in [3.63, 3.8) is 0 Å². The number of hydrogen-bond donors (Lipinski definition) is 2. The number of hydrogen-bond acceptors (Lipinski definition) is 4. The van der Waals surface area contributed by atoms with E-state index in [9.17, 15) is 4.79 Å². The van der Waals surface area contributed by atoms with Gasteiger partial charge in [-0.1, -0.05) is 17.7 Å². The topological polar surface area (TPSA) is 59.6 Å². The van der Waals surface area contributed by atoms with E-state index in [-0.39, 0.29) is 12.5 Å². The summed E-state index contributed by atoms with van der Waals surface area (Å²) in [7, 11) is 0. The Hall–Kier alpha value is -1.30. The quantitative estimate of drug-likeness (QED) is 0.751. The van der Waals surface area contributed by atoms with Gasteiger partial charge < -0.3 is 20.1 Å². The number of amides is 1. The van der Waals surface area contributed by atoms with Crippen molar-refractivity contribution >= 4 is 17.5 Å². The molecule has 1 aromatic rings. The first kappa shape index (κ1) is 16.1. The molecule has 0 aromatic heterocycles. The summed E-state index contributed by atoms with van der Waals surface area (Å²) in [6.07, 6.45) is 2.38. The molecule has 1 aromatic carbocycles. The van der Waals surface area contributed by atoms with Crippen molar-refractivity contribution in [2.75, 3.05) is 32.8 Å². The molecule has 2 N–H and O–H groups in total. The van der Waals surface area contributed by atoms with E-state index >= 15 is 0 Å². The van der Waals surface area contributed by atoms with Gasteiger partial charge in [0.25, 0.3) is 5.91 Å². The van der Waals surface area contributed by atoms with Gasteiger partial charge in [0, 0.05) is 11.6 Å². The maximum Gasteiger partial charge on any atom is 0.258 e. The summed E-state index contributed by atoms with van der Waals surface area (Å²) in [5, 5.41) is 6.64. The molecule has 1 saturated heterocycles. The minimum absolute atomic E-state index is 0.0201. The van der Waals surface area contributed by atoms with Gasteiger partial charge >= 0.3 is 0 Å². The Bertz CT molecular complexity index is 450. The van der Waals surface area contributed by atoms with Crippen molar-refractivity contribution < 1.29 is 14.3 Å². The van der Waals surface area contributed by atoms with Crippen molar-refractivity contribution in [3.8, 4) is 5.75 Å². The zero-order valence-electron chi connectivity index (χ0n) is 11.9. The molecule has 0 atom stereocenters. The van der Waals surface area contributed by atoms with Gasteiger partial charge in [0.15, 0.2) is 6.61 Å². The number of ether oxygens (including phenoxy) is 2. The molecule has 1 aliphatic rings. The van der Waals surface area contributed by atoms with E-state index in [1.54, 1.807) is 24.3 Å². The fourth-order valence-corrected chi connectivity index (χ4v) is 2.32. The van der Waals surface area contributed by atoms with Crippen LogP contribution in [0, 0.1) is 0 Å². The van der Waals surface area contributed by atoms with Crippen LogP contribution >= 0.6 is 11.6 Å². The summed E-state index contributed by atoms with van der Waals surface area (Å²) in [5.41, 5.74) is 0. The number of carbonyl (C=O) groups is 1. The summed E-state index contributed by atoms with van der Waals surface area (Å²) < 4.78 is 11.0. The summed E-state index contributed by atoms with van der Waals surface area (Å²) in [6.45, 7) is 3.03. The molecular weight excluding hydrogens is 292 g/mol. The molecule has 6 heteroatoms. The Balaban J connectivity index is 1.55. The molecule has 116 valence electrons. The van der Waals surface area contributed by atoms with Crippen molar-refractivity contribution in [2.45, 2.75) is 18.9 Å². The number of halogens is 1. The predicted octanol–water partition coefficient (Wildman–Crippen LogP) is 1.60. The van der Waals surface area contributed by atoms with Crippen LogP contribution in [0.4, 0.5) is 0 Å². The SMILES string of the molecule is O=C(COc1cccc(Cl)c1)NCCOC1CCNCC1. The monoisotopic (exact) mass is 312 g/mol. The molecule has 21 heavy (non-hydrogen) atoms. The number of benzene rings is 1. The van der Waals surface area contributed by atoms with E-state index in [2.05, 4.69) is 10.6 Å². The third kappa shape index (κ3) is 6.33. The largest absolute Gasteiger partial charge is 0.484 e. The molecule has 2 rings (SSSR count). The molecule has 0 unspecified atom stereocenters. The molecule has 0 saturated carbocycles. The maximum atomic E-state index is 11.6. The molecule has 1 aliphatic heterocycles. The van der Waals surface area contributed by atoms with Crippen LogP contribution in [0.1, 0.15) is 12.8 Å². The van der Waals surface area contributed by atoms with Crippen LogP contribution in [0.5, 0.6) is 5.75 Å². The first-order chi connectivity index (χ1) is 10.2. The van der Waals surface area contributed by atoms with Gasteiger partial charge in [-0.3, -0.25) is 4.79 Å². The lowest BCUT2D eigenvalue weighted by Crippen LogP contribution is -2.35. The minimum Gasteiger partial charge on any atom is -0.484 e. The van der Waals surface area contributed by atoms with Crippen LogP contribution < -0.4 is 15.4 Å². The van der Waals surface area contributed by atoms with Gasteiger partial charge in [0.2, 0.25) is 0 Å². The second kappa shape index (κ2) is 8.87. The average molecular weight is 313 g/mol. The summed E-state index contributed by atoms with van der Waals surface area (Å²) in [6, 6.07) is 6.98. The number of rotatable bonds is 7. The zero-order chi connectivity index (χ0) is 14.9. The van der Waals surface area contributed by atoms with E-state index in [4.69, 9.17) is 21.1 Å². The summed E-state index contributed by atoms with van der Waals surface area (Å²) in [5.74, 6) is 0.424. The first-order valence-electron chi connectivity index (χ1n) is 7.21. The lowest BCUT2D eigenvalue weighted by molar-refractivity contribution is -0.123. The predicted molar refractivity (Wildman–Crippen MR) is 81.8 cm³/mol. The third-order valence-electron chi connectivity index (χ3n) is 3.23. The highest BCUT2D eigenvalue weighted by Crippen LogP contribution is 2.16. The molecule has 5 nitrogen and oxygen atoms in total. The van der Waals surface area contributed by atoms with Crippen LogP contribution in [0.2, 0.25) is 5.02 Å². The molecule has 0 aliphatic carbocycles. The van der Waals surface area contributed by atoms with Crippen molar-refractivity contribution in [1.82, 2.24) is 10.6 Å². The van der Waals surface area contributed by atoms with Crippen molar-refractivity contribution in [1.29, 1.82) is 0 Å². The smallest absolute Gasteiger partial charge is 0.258 e. The molecule has 1 amide bonds. The Morgan fingerprint density at radius 3 is 2.95 bits per heavy atom. The Labute approximate surface area is 130 Å². The highest BCUT2D eigenvalue weighted by Gasteiger charge is 2.12. The van der Waals surface area contributed by atoms with E-state index in [1.807, 2.05) is 0 Å². The lowest BCUT2D eigenvalue weighted by atomic mass is 10.1. The summed E-state index contributed by atoms with van der Waals surface area (Å²) >= 11 is 5.83. The van der Waals surface area contributed by atoms with Crippen LogP contribution in [0.3, 0.4) is 0 Å². The van der Waals surface area contributed by atoms with Crippen molar-refractivity contribution in [2.24, 2.45) is 0 Å². The second-order valence-corrected chi connectivity index (χ2v) is 5.35. The fourth-order valence-electron chi connectivity index (χ4n) is 2.13. The average Bonchev–Trinajstić information content (AvgIpc) is 2.51. The maximum absolute atomic E-state index is 11.6. The fraction of sp³-hybridized carbons (Fsp3) is 0.533. The van der Waals surface area contributed by atoms with Crippen LogP contribution in [-0.2, 0) is 9.53 Å². The van der Waals surface area contributed by atoms with Gasteiger partial charge in [0.05, 0.1) is 12.7 Å². The summed E-state index contributed by atoms with van der Waals surface area (Å²) in [4.78, 5) is 11.6. The molecule has 1 heterocycles. The van der Waals surface area contributed by atoms with Crippen LogP contribution in [0.25, 0.3) is 0 Å². The second-order valence-electron chi connectivity index (χ2n) is 4.92. The lowest BCUT2D eigenvalue weighted by Gasteiger charge is -2.22. The van der Waals surface area contributed by atoms with Gasteiger partial charge in [-0.05, 0) is 44.1 Å². The first-order valence-corrected chi connectivity index (χ1v) is 7.59. The van der Waals surface area contributed by atoms with Crippen molar-refractivity contribution in [3.05, 3.63) is 29.3 Å². The zero-order valence-corrected chi connectivity index (χ0v) is 12.7. The van der Waals surface area contributed by atoms with Gasteiger partial charge in [-0.15, -0.1) is 0 Å². The molecule has 1 fully saturated rings. The minimum atomic E-state index is -0.163. The molecule has 0 bridgehead atoms. The van der Waals surface area contributed by atoms with Crippen LogP contribution in [0.15, 0.2) is 24.3 Å². The molecule has 0 radical (unpaired) electrons.